The highest BCUT2D eigenvalue weighted by Gasteiger charge is 2.07. The van der Waals surface area contributed by atoms with Gasteiger partial charge >= 0.3 is 0 Å². The van der Waals surface area contributed by atoms with E-state index >= 15 is 0 Å². The molecule has 0 aliphatic carbocycles. The molecule has 0 radical (unpaired) electrons. The van der Waals surface area contributed by atoms with Gasteiger partial charge in [0.05, 0.1) is 5.02 Å². The zero-order chi connectivity index (χ0) is 11.1. The van der Waals surface area contributed by atoms with Gasteiger partial charge in [-0.2, -0.15) is 5.26 Å². The van der Waals surface area contributed by atoms with Crippen LogP contribution in [0.25, 0.3) is 0 Å². The van der Waals surface area contributed by atoms with E-state index in [-0.39, 0.29) is 6.61 Å². The highest BCUT2D eigenvalue weighted by atomic mass is 35.5. The van der Waals surface area contributed by atoms with Crippen molar-refractivity contribution in [2.75, 3.05) is 13.2 Å². The van der Waals surface area contributed by atoms with Gasteiger partial charge in [0.15, 0.2) is 6.61 Å². The van der Waals surface area contributed by atoms with Crippen molar-refractivity contribution in [2.45, 2.75) is 13.5 Å². The predicted octanol–water partition coefficient (Wildman–Crippen LogP) is 2.35. The van der Waals surface area contributed by atoms with Gasteiger partial charge in [-0.3, -0.25) is 0 Å². The Morgan fingerprint density at radius 3 is 3.00 bits per heavy atom. The quantitative estimate of drug-likeness (QED) is 0.835. The average molecular weight is 225 g/mol. The second-order valence-corrected chi connectivity index (χ2v) is 3.36. The van der Waals surface area contributed by atoms with E-state index in [4.69, 9.17) is 21.6 Å². The Balaban J connectivity index is 2.83. The Kier molecular flexibility index (Phi) is 4.96. The zero-order valence-corrected chi connectivity index (χ0v) is 9.34. The normalized spacial score (nSPS) is 9.67. The highest BCUT2D eigenvalue weighted by Crippen LogP contribution is 2.28. The lowest BCUT2D eigenvalue weighted by atomic mass is 10.2. The molecule has 1 rings (SSSR count). The first-order valence-electron chi connectivity index (χ1n) is 4.77. The summed E-state index contributed by atoms with van der Waals surface area (Å²) in [5, 5.41) is 12.2. The minimum Gasteiger partial charge on any atom is -0.477 e. The lowest BCUT2D eigenvalue weighted by Crippen LogP contribution is -2.13. The van der Waals surface area contributed by atoms with E-state index in [1.54, 1.807) is 6.07 Å². The second-order valence-electron chi connectivity index (χ2n) is 2.96. The molecule has 0 aliphatic rings. The summed E-state index contributed by atoms with van der Waals surface area (Å²) in [5.74, 6) is 0.599. The molecule has 0 spiro atoms. The molecule has 0 unspecified atom stereocenters. The number of para-hydroxylation sites is 1. The predicted molar refractivity (Wildman–Crippen MR) is 59.9 cm³/mol. The molecule has 15 heavy (non-hydrogen) atoms. The van der Waals surface area contributed by atoms with Crippen molar-refractivity contribution < 1.29 is 4.74 Å². The molecule has 1 N–H and O–H groups in total. The zero-order valence-electron chi connectivity index (χ0n) is 8.59. The van der Waals surface area contributed by atoms with Crippen LogP contribution in [0, 0.1) is 11.3 Å². The molecule has 1 aromatic carbocycles. The molecule has 0 saturated carbocycles. The van der Waals surface area contributed by atoms with Crippen molar-refractivity contribution >= 4 is 11.6 Å². The first-order chi connectivity index (χ1) is 7.29. The number of nitrogens with one attached hydrogen (secondary N) is 1. The van der Waals surface area contributed by atoms with Crippen LogP contribution in [0.3, 0.4) is 0 Å². The van der Waals surface area contributed by atoms with E-state index < -0.39 is 0 Å². The molecule has 0 aromatic heterocycles. The number of nitriles is 1. The third kappa shape index (κ3) is 3.43. The van der Waals surface area contributed by atoms with Crippen LogP contribution in [-0.2, 0) is 6.54 Å². The van der Waals surface area contributed by atoms with Gasteiger partial charge in [0, 0.05) is 12.1 Å². The first-order valence-corrected chi connectivity index (χ1v) is 5.15. The molecule has 0 bridgehead atoms. The van der Waals surface area contributed by atoms with E-state index in [9.17, 15) is 0 Å². The molecular weight excluding hydrogens is 212 g/mol. The summed E-state index contributed by atoms with van der Waals surface area (Å²) in [6.45, 7) is 3.62. The third-order valence-corrected chi connectivity index (χ3v) is 2.19. The Morgan fingerprint density at radius 1 is 1.53 bits per heavy atom. The summed E-state index contributed by atoms with van der Waals surface area (Å²) in [6, 6.07) is 7.48. The number of benzene rings is 1. The molecular formula is C11H13ClN2O. The van der Waals surface area contributed by atoms with Gasteiger partial charge in [-0.05, 0) is 12.6 Å². The van der Waals surface area contributed by atoms with Gasteiger partial charge in [-0.15, -0.1) is 0 Å². The van der Waals surface area contributed by atoms with Gasteiger partial charge in [0.1, 0.15) is 11.8 Å². The van der Waals surface area contributed by atoms with Gasteiger partial charge < -0.3 is 10.1 Å². The minimum atomic E-state index is 0.0167. The van der Waals surface area contributed by atoms with E-state index in [0.29, 0.717) is 17.3 Å². The molecule has 0 heterocycles. The molecule has 0 fully saturated rings. The van der Waals surface area contributed by atoms with Crippen molar-refractivity contribution in [3.05, 3.63) is 28.8 Å². The Hall–Kier alpha value is -1.24. The van der Waals surface area contributed by atoms with Crippen LogP contribution in [-0.4, -0.2) is 13.2 Å². The summed E-state index contributed by atoms with van der Waals surface area (Å²) in [4.78, 5) is 0. The van der Waals surface area contributed by atoms with Crippen molar-refractivity contribution in [2.24, 2.45) is 0 Å². The van der Waals surface area contributed by atoms with Crippen LogP contribution >= 0.6 is 11.6 Å². The topological polar surface area (TPSA) is 45.0 Å². The SMILES string of the molecule is CCNCc1cccc(Cl)c1OCC#N. The molecule has 1 aromatic rings. The lowest BCUT2D eigenvalue weighted by molar-refractivity contribution is 0.363. The minimum absolute atomic E-state index is 0.0167. The van der Waals surface area contributed by atoms with Crippen LogP contribution in [0.2, 0.25) is 5.02 Å². The molecule has 3 nitrogen and oxygen atoms in total. The molecule has 0 amide bonds. The summed E-state index contributed by atoms with van der Waals surface area (Å²) in [7, 11) is 0. The molecule has 0 aliphatic heterocycles. The number of rotatable bonds is 5. The van der Waals surface area contributed by atoms with Gasteiger partial charge in [0.2, 0.25) is 0 Å². The van der Waals surface area contributed by atoms with Crippen LogP contribution in [0.15, 0.2) is 18.2 Å². The maximum Gasteiger partial charge on any atom is 0.174 e. The average Bonchev–Trinajstić information content (AvgIpc) is 2.25. The molecule has 0 saturated heterocycles. The molecule has 0 atom stereocenters. The van der Waals surface area contributed by atoms with Gasteiger partial charge in [-0.25, -0.2) is 0 Å². The van der Waals surface area contributed by atoms with Crippen LogP contribution in [0.1, 0.15) is 12.5 Å². The van der Waals surface area contributed by atoms with E-state index in [0.717, 1.165) is 12.1 Å². The Morgan fingerprint density at radius 2 is 2.33 bits per heavy atom. The first kappa shape index (κ1) is 11.8. The summed E-state index contributed by atoms with van der Waals surface area (Å²) < 4.78 is 5.28. The van der Waals surface area contributed by atoms with Crippen molar-refractivity contribution in [3.63, 3.8) is 0 Å². The van der Waals surface area contributed by atoms with Crippen LogP contribution in [0.5, 0.6) is 5.75 Å². The van der Waals surface area contributed by atoms with Crippen molar-refractivity contribution in [1.82, 2.24) is 5.32 Å². The number of hydrogen-bond donors (Lipinski definition) is 1. The van der Waals surface area contributed by atoms with Crippen LogP contribution in [0.4, 0.5) is 0 Å². The van der Waals surface area contributed by atoms with Crippen molar-refractivity contribution in [1.29, 1.82) is 5.26 Å². The standard InChI is InChI=1S/C11H13ClN2O/c1-2-14-8-9-4-3-5-10(12)11(9)15-7-6-13/h3-5,14H,2,7-8H2,1H3. The summed E-state index contributed by atoms with van der Waals surface area (Å²) in [6.07, 6.45) is 0. The fourth-order valence-electron chi connectivity index (χ4n) is 1.22. The number of nitrogens with zero attached hydrogens (tertiary/aromatic N) is 1. The number of ether oxygens (including phenoxy) is 1. The highest BCUT2D eigenvalue weighted by molar-refractivity contribution is 6.32. The number of hydrogen-bond acceptors (Lipinski definition) is 3. The molecule has 4 heteroatoms. The largest absolute Gasteiger partial charge is 0.477 e. The van der Waals surface area contributed by atoms with Gasteiger partial charge in [-0.1, -0.05) is 30.7 Å². The monoisotopic (exact) mass is 224 g/mol. The Bertz CT molecular complexity index is 360. The van der Waals surface area contributed by atoms with Crippen LogP contribution < -0.4 is 10.1 Å². The lowest BCUT2D eigenvalue weighted by Gasteiger charge is -2.11. The van der Waals surface area contributed by atoms with Gasteiger partial charge in [0.25, 0.3) is 0 Å². The van der Waals surface area contributed by atoms with E-state index in [2.05, 4.69) is 5.32 Å². The summed E-state index contributed by atoms with van der Waals surface area (Å²) in [5.41, 5.74) is 0.972. The molecule has 80 valence electrons. The maximum absolute atomic E-state index is 8.45. The summed E-state index contributed by atoms with van der Waals surface area (Å²) >= 11 is 5.98. The fraction of sp³-hybridized carbons (Fsp3) is 0.364. The second kappa shape index (κ2) is 6.28. The smallest absolute Gasteiger partial charge is 0.174 e. The third-order valence-electron chi connectivity index (χ3n) is 1.90. The fourth-order valence-corrected chi connectivity index (χ4v) is 1.47. The maximum atomic E-state index is 8.45. The Labute approximate surface area is 94.6 Å². The number of halogens is 1. The van der Waals surface area contributed by atoms with E-state index in [1.165, 1.54) is 0 Å². The van der Waals surface area contributed by atoms with Crippen molar-refractivity contribution in [3.8, 4) is 11.8 Å². The van der Waals surface area contributed by atoms with E-state index in [1.807, 2.05) is 25.1 Å².